The lowest BCUT2D eigenvalue weighted by Gasteiger charge is -2.15. The SMILES string of the molecule is CCOc1nc(Cl)nc(OC(C)CC(C)C)n1. The highest BCUT2D eigenvalue weighted by atomic mass is 35.5. The molecule has 0 aromatic carbocycles. The van der Waals surface area contributed by atoms with Crippen LogP contribution >= 0.6 is 11.6 Å². The molecular weight excluding hydrogens is 242 g/mol. The number of hydrogen-bond donors (Lipinski definition) is 0. The molecule has 1 atom stereocenters. The van der Waals surface area contributed by atoms with Crippen LogP contribution in [0.4, 0.5) is 0 Å². The number of nitrogens with zero attached hydrogens (tertiary/aromatic N) is 3. The minimum atomic E-state index is 0.0305. The van der Waals surface area contributed by atoms with Crippen molar-refractivity contribution in [1.29, 1.82) is 0 Å². The summed E-state index contributed by atoms with van der Waals surface area (Å²) < 4.78 is 10.7. The second-order valence-electron chi connectivity index (χ2n) is 4.16. The third-order valence-corrected chi connectivity index (χ3v) is 2.12. The van der Waals surface area contributed by atoms with E-state index >= 15 is 0 Å². The van der Waals surface area contributed by atoms with Gasteiger partial charge in [-0.25, -0.2) is 0 Å². The molecule has 0 aliphatic heterocycles. The summed E-state index contributed by atoms with van der Waals surface area (Å²) in [4.78, 5) is 11.8. The quantitative estimate of drug-likeness (QED) is 0.786. The molecule has 1 unspecified atom stereocenters. The molecule has 1 heterocycles. The van der Waals surface area contributed by atoms with Gasteiger partial charge in [0, 0.05) is 0 Å². The Kier molecular flexibility index (Phi) is 5.41. The molecule has 0 spiro atoms. The first kappa shape index (κ1) is 14.0. The van der Waals surface area contributed by atoms with Crippen molar-refractivity contribution in [3.8, 4) is 12.0 Å². The van der Waals surface area contributed by atoms with Gasteiger partial charge in [0.15, 0.2) is 0 Å². The lowest BCUT2D eigenvalue weighted by molar-refractivity contribution is 0.173. The molecule has 0 saturated carbocycles. The maximum absolute atomic E-state index is 5.75. The maximum atomic E-state index is 5.75. The fourth-order valence-electron chi connectivity index (χ4n) is 1.45. The first-order valence-electron chi connectivity index (χ1n) is 5.72. The number of rotatable bonds is 6. The average molecular weight is 260 g/mol. The second-order valence-corrected chi connectivity index (χ2v) is 4.50. The smallest absolute Gasteiger partial charge is 0.324 e. The fraction of sp³-hybridized carbons (Fsp3) is 0.727. The molecule has 5 nitrogen and oxygen atoms in total. The zero-order valence-electron chi connectivity index (χ0n) is 10.6. The van der Waals surface area contributed by atoms with Crippen LogP contribution in [-0.4, -0.2) is 27.7 Å². The van der Waals surface area contributed by atoms with E-state index in [9.17, 15) is 0 Å². The summed E-state index contributed by atoms with van der Waals surface area (Å²) in [6, 6.07) is 0.404. The highest BCUT2D eigenvalue weighted by molar-refractivity contribution is 6.28. The van der Waals surface area contributed by atoms with Crippen LogP contribution < -0.4 is 9.47 Å². The molecule has 0 radical (unpaired) electrons. The molecule has 0 bridgehead atoms. The van der Waals surface area contributed by atoms with Gasteiger partial charge in [-0.3, -0.25) is 0 Å². The summed E-state index contributed by atoms with van der Waals surface area (Å²) in [5.74, 6) is 0.550. The van der Waals surface area contributed by atoms with Crippen LogP contribution in [0.15, 0.2) is 0 Å². The van der Waals surface area contributed by atoms with E-state index in [0.29, 0.717) is 12.5 Å². The van der Waals surface area contributed by atoms with Crippen molar-refractivity contribution in [2.24, 2.45) is 5.92 Å². The van der Waals surface area contributed by atoms with Gasteiger partial charge in [0.25, 0.3) is 0 Å². The Bertz CT molecular complexity index is 361. The molecule has 0 fully saturated rings. The summed E-state index contributed by atoms with van der Waals surface area (Å²) in [6.07, 6.45) is 0.954. The fourth-order valence-corrected chi connectivity index (χ4v) is 1.60. The number of halogens is 1. The molecule has 0 N–H and O–H groups in total. The Balaban J connectivity index is 2.69. The van der Waals surface area contributed by atoms with Crippen LogP contribution in [0.1, 0.15) is 34.1 Å². The Morgan fingerprint density at radius 2 is 1.76 bits per heavy atom. The third kappa shape index (κ3) is 5.17. The molecule has 0 aliphatic carbocycles. The molecule has 1 aromatic rings. The standard InChI is InChI=1S/C11H18ClN3O2/c1-5-16-10-13-9(12)14-11(15-10)17-8(4)6-7(2)3/h7-8H,5-6H2,1-4H3. The van der Waals surface area contributed by atoms with E-state index in [1.807, 2.05) is 13.8 Å². The zero-order chi connectivity index (χ0) is 12.8. The van der Waals surface area contributed by atoms with Gasteiger partial charge in [0.05, 0.1) is 12.7 Å². The highest BCUT2D eigenvalue weighted by Gasteiger charge is 2.11. The molecule has 0 aliphatic rings. The summed E-state index contributed by atoms with van der Waals surface area (Å²) in [5.41, 5.74) is 0. The third-order valence-electron chi connectivity index (χ3n) is 1.95. The average Bonchev–Trinajstić information content (AvgIpc) is 2.14. The second kappa shape index (κ2) is 6.59. The Morgan fingerprint density at radius 1 is 1.12 bits per heavy atom. The normalized spacial score (nSPS) is 12.6. The summed E-state index contributed by atoms with van der Waals surface area (Å²) in [6.45, 7) is 8.55. The van der Waals surface area contributed by atoms with Crippen molar-refractivity contribution in [1.82, 2.24) is 15.0 Å². The van der Waals surface area contributed by atoms with Crippen LogP contribution in [0.5, 0.6) is 12.0 Å². The molecule has 96 valence electrons. The zero-order valence-corrected chi connectivity index (χ0v) is 11.4. The predicted molar refractivity (Wildman–Crippen MR) is 65.6 cm³/mol. The molecule has 17 heavy (non-hydrogen) atoms. The number of aromatic nitrogens is 3. The van der Waals surface area contributed by atoms with Crippen molar-refractivity contribution >= 4 is 11.6 Å². The molecule has 0 saturated heterocycles. The summed E-state index contributed by atoms with van der Waals surface area (Å²) in [7, 11) is 0. The van der Waals surface area contributed by atoms with Crippen LogP contribution in [0, 0.1) is 5.92 Å². The molecule has 6 heteroatoms. The van der Waals surface area contributed by atoms with Gasteiger partial charge in [0.2, 0.25) is 5.28 Å². The lowest BCUT2D eigenvalue weighted by Crippen LogP contribution is -2.16. The Hall–Kier alpha value is -1.10. The van der Waals surface area contributed by atoms with Gasteiger partial charge in [0.1, 0.15) is 0 Å². The van der Waals surface area contributed by atoms with E-state index in [2.05, 4.69) is 28.8 Å². The van der Waals surface area contributed by atoms with Gasteiger partial charge in [-0.05, 0) is 37.8 Å². The van der Waals surface area contributed by atoms with E-state index in [1.165, 1.54) is 0 Å². The largest absolute Gasteiger partial charge is 0.464 e. The van der Waals surface area contributed by atoms with E-state index in [0.717, 1.165) is 6.42 Å². The lowest BCUT2D eigenvalue weighted by atomic mass is 10.1. The summed E-state index contributed by atoms with van der Waals surface area (Å²) >= 11 is 5.75. The molecular formula is C11H18ClN3O2. The summed E-state index contributed by atoms with van der Waals surface area (Å²) in [5, 5.41) is 0.0789. The van der Waals surface area contributed by atoms with Crippen molar-refractivity contribution in [2.45, 2.75) is 40.2 Å². The van der Waals surface area contributed by atoms with Crippen molar-refractivity contribution in [3.05, 3.63) is 5.28 Å². The minimum Gasteiger partial charge on any atom is -0.464 e. The first-order chi connectivity index (χ1) is 8.01. The minimum absolute atomic E-state index is 0.0305. The maximum Gasteiger partial charge on any atom is 0.324 e. The Morgan fingerprint density at radius 3 is 2.35 bits per heavy atom. The van der Waals surface area contributed by atoms with Gasteiger partial charge < -0.3 is 9.47 Å². The van der Waals surface area contributed by atoms with E-state index < -0.39 is 0 Å². The van der Waals surface area contributed by atoms with Crippen LogP contribution in [0.25, 0.3) is 0 Å². The van der Waals surface area contributed by atoms with E-state index in [4.69, 9.17) is 21.1 Å². The van der Waals surface area contributed by atoms with Gasteiger partial charge in [-0.2, -0.15) is 9.97 Å². The van der Waals surface area contributed by atoms with Gasteiger partial charge in [-0.1, -0.05) is 13.8 Å². The van der Waals surface area contributed by atoms with Gasteiger partial charge in [-0.15, -0.1) is 4.98 Å². The number of hydrogen-bond acceptors (Lipinski definition) is 5. The predicted octanol–water partition coefficient (Wildman–Crippen LogP) is 2.74. The van der Waals surface area contributed by atoms with E-state index in [-0.39, 0.29) is 23.4 Å². The van der Waals surface area contributed by atoms with Crippen molar-refractivity contribution < 1.29 is 9.47 Å². The van der Waals surface area contributed by atoms with Gasteiger partial charge >= 0.3 is 12.0 Å². The van der Waals surface area contributed by atoms with Crippen molar-refractivity contribution in [2.75, 3.05) is 6.61 Å². The Labute approximate surface area is 107 Å². The molecule has 1 aromatic heterocycles. The van der Waals surface area contributed by atoms with E-state index in [1.54, 1.807) is 0 Å². The van der Waals surface area contributed by atoms with Crippen LogP contribution in [0.2, 0.25) is 5.28 Å². The van der Waals surface area contributed by atoms with Crippen molar-refractivity contribution in [3.63, 3.8) is 0 Å². The highest BCUT2D eigenvalue weighted by Crippen LogP contribution is 2.16. The monoisotopic (exact) mass is 259 g/mol. The molecule has 0 amide bonds. The topological polar surface area (TPSA) is 57.1 Å². The van der Waals surface area contributed by atoms with Crippen LogP contribution in [0.3, 0.4) is 0 Å². The number of ether oxygens (including phenoxy) is 2. The first-order valence-corrected chi connectivity index (χ1v) is 6.10. The van der Waals surface area contributed by atoms with Crippen LogP contribution in [-0.2, 0) is 0 Å². The molecule has 1 rings (SSSR count).